The van der Waals surface area contributed by atoms with E-state index in [9.17, 15) is 19.4 Å². The Bertz CT molecular complexity index is 1170. The summed E-state index contributed by atoms with van der Waals surface area (Å²) < 4.78 is 33.4. The van der Waals surface area contributed by atoms with Crippen molar-refractivity contribution < 1.29 is 43.0 Å². The molecule has 0 amide bonds. The monoisotopic (exact) mass is 835 g/mol. The number of aliphatic hydroxyl groups is 2. The molecular weight excluding hydrogens is 751 g/mol. The number of unbranched alkanes of at least 4 members (excludes halogenated alkanes) is 14. The molecule has 3 unspecified atom stereocenters. The molecule has 0 aliphatic rings. The Labute approximate surface area is 354 Å². The van der Waals surface area contributed by atoms with Gasteiger partial charge in [-0.05, 0) is 83.5 Å². The highest BCUT2D eigenvalue weighted by Crippen LogP contribution is 2.43. The van der Waals surface area contributed by atoms with Crippen molar-refractivity contribution in [2.75, 3.05) is 33.0 Å². The zero-order valence-electron chi connectivity index (χ0n) is 36.5. The van der Waals surface area contributed by atoms with Gasteiger partial charge in [-0.3, -0.25) is 13.8 Å². The largest absolute Gasteiger partial charge is 0.472 e. The van der Waals surface area contributed by atoms with Crippen LogP contribution in [0, 0.1) is 0 Å². The van der Waals surface area contributed by atoms with E-state index in [1.54, 1.807) is 0 Å². The maximum absolute atomic E-state index is 12.6. The van der Waals surface area contributed by atoms with Crippen molar-refractivity contribution in [3.05, 3.63) is 85.1 Å². The predicted octanol–water partition coefficient (Wildman–Crippen LogP) is 12.7. The Morgan fingerprint density at radius 1 is 0.534 bits per heavy atom. The van der Waals surface area contributed by atoms with E-state index in [0.717, 1.165) is 96.3 Å². The van der Waals surface area contributed by atoms with Crippen molar-refractivity contribution in [3.63, 3.8) is 0 Å². The zero-order valence-corrected chi connectivity index (χ0v) is 37.4. The molecule has 3 N–H and O–H groups in total. The summed E-state index contributed by atoms with van der Waals surface area (Å²) in [5.41, 5.74) is 0. The van der Waals surface area contributed by atoms with Gasteiger partial charge < -0.3 is 24.6 Å². The van der Waals surface area contributed by atoms with Crippen LogP contribution in [-0.4, -0.2) is 66.3 Å². The Morgan fingerprint density at radius 2 is 0.931 bits per heavy atom. The molecule has 0 aliphatic carbocycles. The molecule has 58 heavy (non-hydrogen) atoms. The van der Waals surface area contributed by atoms with E-state index in [1.165, 1.54) is 44.9 Å². The van der Waals surface area contributed by atoms with E-state index < -0.39 is 45.8 Å². The minimum atomic E-state index is -4.53. The third-order valence-corrected chi connectivity index (χ3v) is 10.0. The molecular formula is C48H83O9P. The summed E-state index contributed by atoms with van der Waals surface area (Å²) >= 11 is 0. The number of aliphatic hydroxyl groups excluding tert-OH is 2. The number of ether oxygens (including phenoxy) is 2. The third kappa shape index (κ3) is 43.2. The van der Waals surface area contributed by atoms with E-state index in [2.05, 4.69) is 98.9 Å². The minimum Gasteiger partial charge on any atom is -0.457 e. The summed E-state index contributed by atoms with van der Waals surface area (Å²) in [5.74, 6) is -0.399. The van der Waals surface area contributed by atoms with Gasteiger partial charge in [0.1, 0.15) is 12.2 Å². The van der Waals surface area contributed by atoms with E-state index in [0.29, 0.717) is 13.0 Å². The quantitative estimate of drug-likeness (QED) is 0.0238. The normalized spacial score (nSPS) is 14.8. The molecule has 0 aromatic rings. The molecule has 334 valence electrons. The van der Waals surface area contributed by atoms with Gasteiger partial charge in [0.25, 0.3) is 0 Å². The van der Waals surface area contributed by atoms with Crippen LogP contribution in [0.5, 0.6) is 0 Å². The van der Waals surface area contributed by atoms with Crippen molar-refractivity contribution in [2.24, 2.45) is 0 Å². The number of phosphoric acid groups is 1. The number of phosphoric ester groups is 1. The number of esters is 1. The van der Waals surface area contributed by atoms with Crippen molar-refractivity contribution in [1.29, 1.82) is 0 Å². The lowest BCUT2D eigenvalue weighted by Crippen LogP contribution is -2.29. The zero-order chi connectivity index (χ0) is 42.5. The van der Waals surface area contributed by atoms with E-state index >= 15 is 0 Å². The molecule has 0 bridgehead atoms. The molecule has 0 saturated heterocycles. The van der Waals surface area contributed by atoms with Crippen LogP contribution in [0.3, 0.4) is 0 Å². The van der Waals surface area contributed by atoms with Crippen LogP contribution in [0.15, 0.2) is 85.1 Å². The lowest BCUT2D eigenvalue weighted by atomic mass is 10.1. The lowest BCUT2D eigenvalue weighted by molar-refractivity contribution is -0.154. The fourth-order valence-electron chi connectivity index (χ4n) is 5.71. The molecule has 0 heterocycles. The van der Waals surface area contributed by atoms with Crippen LogP contribution in [0.2, 0.25) is 0 Å². The predicted molar refractivity (Wildman–Crippen MR) is 242 cm³/mol. The van der Waals surface area contributed by atoms with E-state index in [-0.39, 0.29) is 13.0 Å². The van der Waals surface area contributed by atoms with Gasteiger partial charge in [-0.25, -0.2) is 4.57 Å². The van der Waals surface area contributed by atoms with E-state index in [4.69, 9.17) is 23.6 Å². The Hall–Kier alpha value is -2.36. The molecule has 0 aliphatic heterocycles. The van der Waals surface area contributed by atoms with Gasteiger partial charge in [0, 0.05) is 13.0 Å². The summed E-state index contributed by atoms with van der Waals surface area (Å²) in [4.78, 5) is 22.6. The van der Waals surface area contributed by atoms with Crippen LogP contribution < -0.4 is 0 Å². The fourth-order valence-corrected chi connectivity index (χ4v) is 6.50. The fraction of sp³-hybridized carbons (Fsp3) is 0.688. The molecule has 0 saturated carbocycles. The van der Waals surface area contributed by atoms with Gasteiger partial charge in [0.15, 0.2) is 0 Å². The summed E-state index contributed by atoms with van der Waals surface area (Å²) in [6.07, 6.45) is 53.9. The molecule has 0 aromatic carbocycles. The maximum atomic E-state index is 12.6. The summed E-state index contributed by atoms with van der Waals surface area (Å²) in [6.45, 7) is 3.24. The highest BCUT2D eigenvalue weighted by molar-refractivity contribution is 7.47. The standard InChI is InChI=1S/C48H83O9P/c1-3-5-7-9-11-13-15-17-19-21-22-23-24-25-26-28-30-32-34-36-38-40-48(51)57-47(45-56-58(52,53)55-43-46(50)42-49)44-54-41-39-37-35-33-31-29-27-20-18-16-14-12-10-8-6-4-2/h5-8,11-14,17-20,22-23,46-47,49-50H,3-4,9-10,15-16,21,24-45H2,1-2H3,(H,52,53)/b7-5-,8-6-,13-11-,14-12-,19-17-,20-18-,23-22-. The number of hydrogen-bond donors (Lipinski definition) is 3. The molecule has 0 rings (SSSR count). The van der Waals surface area contributed by atoms with Gasteiger partial charge in [-0.2, -0.15) is 0 Å². The van der Waals surface area contributed by atoms with Gasteiger partial charge in [-0.15, -0.1) is 0 Å². The van der Waals surface area contributed by atoms with Crippen molar-refractivity contribution >= 4 is 13.8 Å². The first-order valence-electron chi connectivity index (χ1n) is 22.6. The minimum absolute atomic E-state index is 0.0320. The van der Waals surface area contributed by atoms with Crippen molar-refractivity contribution in [2.45, 2.75) is 180 Å². The molecule has 0 aromatic heterocycles. The van der Waals surface area contributed by atoms with Crippen molar-refractivity contribution in [1.82, 2.24) is 0 Å². The Kier molecular flexibility index (Phi) is 42.4. The number of allylic oxidation sites excluding steroid dienone is 14. The van der Waals surface area contributed by atoms with Gasteiger partial charge >= 0.3 is 13.8 Å². The smallest absolute Gasteiger partial charge is 0.457 e. The summed E-state index contributed by atoms with van der Waals surface area (Å²) in [6, 6.07) is 0. The van der Waals surface area contributed by atoms with Crippen molar-refractivity contribution in [3.8, 4) is 0 Å². The Morgan fingerprint density at radius 3 is 1.40 bits per heavy atom. The Balaban J connectivity index is 4.19. The molecule has 0 fully saturated rings. The third-order valence-electron chi connectivity index (χ3n) is 9.08. The number of carbonyl (C=O) groups is 1. The second kappa shape index (κ2) is 44.2. The average molecular weight is 835 g/mol. The highest BCUT2D eigenvalue weighted by atomic mass is 31.2. The first-order chi connectivity index (χ1) is 28.3. The lowest BCUT2D eigenvalue weighted by Gasteiger charge is -2.20. The van der Waals surface area contributed by atoms with Gasteiger partial charge in [0.05, 0.1) is 26.4 Å². The molecule has 0 radical (unpaired) electrons. The van der Waals surface area contributed by atoms with Crippen LogP contribution >= 0.6 is 7.82 Å². The number of carbonyl (C=O) groups excluding carboxylic acids is 1. The van der Waals surface area contributed by atoms with Crippen LogP contribution in [-0.2, 0) is 27.9 Å². The summed E-state index contributed by atoms with van der Waals surface area (Å²) in [5, 5.41) is 18.4. The van der Waals surface area contributed by atoms with Crippen LogP contribution in [0.1, 0.15) is 168 Å². The topological polar surface area (TPSA) is 132 Å². The second-order valence-corrected chi connectivity index (χ2v) is 16.1. The maximum Gasteiger partial charge on any atom is 0.472 e. The molecule has 3 atom stereocenters. The van der Waals surface area contributed by atoms with Gasteiger partial charge in [-0.1, -0.05) is 163 Å². The molecule has 9 nitrogen and oxygen atoms in total. The summed E-state index contributed by atoms with van der Waals surface area (Å²) in [7, 11) is -4.53. The van der Waals surface area contributed by atoms with E-state index in [1.807, 2.05) is 0 Å². The number of hydrogen-bond acceptors (Lipinski definition) is 8. The highest BCUT2D eigenvalue weighted by Gasteiger charge is 2.26. The average Bonchev–Trinajstić information content (AvgIpc) is 3.21. The first-order valence-corrected chi connectivity index (χ1v) is 24.1. The second-order valence-electron chi connectivity index (χ2n) is 14.7. The van der Waals surface area contributed by atoms with Gasteiger partial charge in [0.2, 0.25) is 0 Å². The SMILES string of the molecule is CC/C=C\C/C=C\C/C=C\C/C=C\CCCCCCCCCCC(=O)OC(COCCCCCCCC/C=C\C/C=C\C/C=C\CC)COP(=O)(O)OCC(O)CO. The molecule has 0 spiro atoms. The van der Waals surface area contributed by atoms with Crippen LogP contribution in [0.4, 0.5) is 0 Å². The van der Waals surface area contributed by atoms with Crippen LogP contribution in [0.25, 0.3) is 0 Å². The molecule has 10 heteroatoms. The number of rotatable bonds is 42. The first kappa shape index (κ1) is 55.6.